The van der Waals surface area contributed by atoms with Gasteiger partial charge in [0.2, 0.25) is 5.91 Å². The number of benzene rings is 1. The van der Waals surface area contributed by atoms with Crippen LogP contribution in [0.2, 0.25) is 0 Å². The van der Waals surface area contributed by atoms with Crippen molar-refractivity contribution in [2.24, 2.45) is 5.73 Å². The van der Waals surface area contributed by atoms with Crippen LogP contribution in [0.5, 0.6) is 5.75 Å². The molecular formula is C12H14F2N2O2. The fraction of sp³-hybridized carbons (Fsp3) is 0.417. The van der Waals surface area contributed by atoms with Gasteiger partial charge in [0.25, 0.3) is 0 Å². The molecule has 2 rings (SSSR count). The molecule has 0 radical (unpaired) electrons. The third-order valence-corrected chi connectivity index (χ3v) is 2.66. The number of halogens is 2. The summed E-state index contributed by atoms with van der Waals surface area (Å²) in [6, 6.07) is 2.47. The first-order valence-corrected chi connectivity index (χ1v) is 5.69. The van der Waals surface area contributed by atoms with Gasteiger partial charge in [0.1, 0.15) is 18.5 Å². The van der Waals surface area contributed by atoms with E-state index in [1.165, 1.54) is 0 Å². The first kappa shape index (κ1) is 12.8. The Morgan fingerprint density at radius 1 is 1.50 bits per heavy atom. The summed E-state index contributed by atoms with van der Waals surface area (Å²) >= 11 is 0. The molecule has 1 atom stereocenters. The first-order valence-electron chi connectivity index (χ1n) is 5.69. The summed E-state index contributed by atoms with van der Waals surface area (Å²) in [7, 11) is 0. The van der Waals surface area contributed by atoms with Gasteiger partial charge in [0.05, 0.1) is 0 Å². The molecule has 1 fully saturated rings. The summed E-state index contributed by atoms with van der Waals surface area (Å²) in [5, 5.41) is 2.98. The van der Waals surface area contributed by atoms with Crippen molar-refractivity contribution in [2.75, 3.05) is 6.61 Å². The highest BCUT2D eigenvalue weighted by atomic mass is 19.1. The molecule has 3 N–H and O–H groups in total. The number of amides is 1. The Hall–Kier alpha value is -1.69. The molecule has 0 spiro atoms. The van der Waals surface area contributed by atoms with Crippen molar-refractivity contribution in [3.8, 4) is 5.75 Å². The molecule has 98 valence electrons. The molecular weight excluding hydrogens is 242 g/mol. The minimum atomic E-state index is -0.694. The van der Waals surface area contributed by atoms with E-state index in [9.17, 15) is 13.6 Å². The Morgan fingerprint density at radius 2 is 2.22 bits per heavy atom. The van der Waals surface area contributed by atoms with Gasteiger partial charge in [-0.05, 0) is 25.0 Å². The van der Waals surface area contributed by atoms with Crippen LogP contribution in [0, 0.1) is 11.6 Å². The van der Waals surface area contributed by atoms with E-state index in [0.29, 0.717) is 0 Å². The summed E-state index contributed by atoms with van der Waals surface area (Å²) in [6.07, 6.45) is 1.97. The summed E-state index contributed by atoms with van der Waals surface area (Å²) in [5.41, 5.74) is 5.20. The molecule has 1 aliphatic carbocycles. The van der Waals surface area contributed by atoms with E-state index >= 15 is 0 Å². The second-order valence-electron chi connectivity index (χ2n) is 4.28. The third kappa shape index (κ3) is 3.40. The highest BCUT2D eigenvalue weighted by molar-refractivity contribution is 5.80. The van der Waals surface area contributed by atoms with E-state index in [1.54, 1.807) is 0 Å². The van der Waals surface area contributed by atoms with E-state index < -0.39 is 23.6 Å². The van der Waals surface area contributed by atoms with Crippen LogP contribution in [0.25, 0.3) is 0 Å². The highest BCUT2D eigenvalue weighted by Gasteiger charge is 2.27. The maximum absolute atomic E-state index is 13.3. The molecule has 4 nitrogen and oxygen atoms in total. The maximum atomic E-state index is 13.3. The van der Waals surface area contributed by atoms with Crippen LogP contribution < -0.4 is 15.8 Å². The fourth-order valence-electron chi connectivity index (χ4n) is 1.51. The molecule has 1 aromatic carbocycles. The Balaban J connectivity index is 1.95. The van der Waals surface area contributed by atoms with Gasteiger partial charge in [-0.25, -0.2) is 8.78 Å². The van der Waals surface area contributed by atoms with E-state index in [2.05, 4.69) is 5.32 Å². The number of nitrogens with one attached hydrogen (secondary N) is 1. The van der Waals surface area contributed by atoms with E-state index in [4.69, 9.17) is 10.5 Å². The van der Waals surface area contributed by atoms with Gasteiger partial charge >= 0.3 is 0 Å². The van der Waals surface area contributed by atoms with Crippen molar-refractivity contribution in [2.45, 2.75) is 24.9 Å². The van der Waals surface area contributed by atoms with Crippen molar-refractivity contribution in [1.29, 1.82) is 0 Å². The van der Waals surface area contributed by atoms with Gasteiger partial charge < -0.3 is 15.8 Å². The molecule has 0 bridgehead atoms. The molecule has 1 aliphatic rings. The number of primary amides is 1. The quantitative estimate of drug-likeness (QED) is 0.796. The van der Waals surface area contributed by atoms with Crippen LogP contribution in [0.4, 0.5) is 8.78 Å². The number of nitrogens with two attached hydrogens (primary N) is 1. The summed E-state index contributed by atoms with van der Waals surface area (Å²) in [6.45, 7) is -0.119. The second kappa shape index (κ2) is 5.30. The van der Waals surface area contributed by atoms with Crippen LogP contribution in [-0.4, -0.2) is 24.6 Å². The van der Waals surface area contributed by atoms with Crippen LogP contribution in [0.3, 0.4) is 0 Å². The molecule has 6 heteroatoms. The van der Waals surface area contributed by atoms with Crippen molar-refractivity contribution in [1.82, 2.24) is 5.32 Å². The van der Waals surface area contributed by atoms with Crippen molar-refractivity contribution in [3.05, 3.63) is 29.8 Å². The summed E-state index contributed by atoms with van der Waals surface area (Å²) in [4.78, 5) is 11.1. The van der Waals surface area contributed by atoms with Gasteiger partial charge in [0, 0.05) is 12.1 Å². The normalized spacial score (nSPS) is 16.3. The standard InChI is InChI=1S/C12H14F2N2O2/c13-7-1-4-9(14)11(5-7)18-6-10(12(15)17)16-8-2-3-8/h1,4-5,8,10,16H,2-3,6H2,(H2,15,17). The summed E-state index contributed by atoms with van der Waals surface area (Å²) in [5.74, 6) is -2.07. The number of hydrogen-bond donors (Lipinski definition) is 2. The number of ether oxygens (including phenoxy) is 1. The van der Waals surface area contributed by atoms with Gasteiger partial charge in [0.15, 0.2) is 11.6 Å². The Morgan fingerprint density at radius 3 is 2.83 bits per heavy atom. The van der Waals surface area contributed by atoms with Crippen molar-refractivity contribution >= 4 is 5.91 Å². The number of rotatable bonds is 6. The van der Waals surface area contributed by atoms with Gasteiger partial charge in [-0.2, -0.15) is 0 Å². The van der Waals surface area contributed by atoms with Crippen molar-refractivity contribution in [3.63, 3.8) is 0 Å². The second-order valence-corrected chi connectivity index (χ2v) is 4.28. The number of hydrogen-bond acceptors (Lipinski definition) is 3. The smallest absolute Gasteiger partial charge is 0.238 e. The predicted octanol–water partition coefficient (Wildman–Crippen LogP) is 0.949. The zero-order valence-electron chi connectivity index (χ0n) is 9.66. The molecule has 0 heterocycles. The predicted molar refractivity (Wildman–Crippen MR) is 61.0 cm³/mol. The average molecular weight is 256 g/mol. The molecule has 18 heavy (non-hydrogen) atoms. The Bertz CT molecular complexity index is 450. The van der Waals surface area contributed by atoms with Crippen LogP contribution in [0.15, 0.2) is 18.2 Å². The molecule has 1 amide bonds. The lowest BCUT2D eigenvalue weighted by atomic mass is 10.3. The monoisotopic (exact) mass is 256 g/mol. The molecule has 0 aliphatic heterocycles. The van der Waals surface area contributed by atoms with E-state index in [1.807, 2.05) is 0 Å². The largest absolute Gasteiger partial charge is 0.488 e. The minimum Gasteiger partial charge on any atom is -0.488 e. The lowest BCUT2D eigenvalue weighted by Gasteiger charge is -2.16. The van der Waals surface area contributed by atoms with Crippen LogP contribution in [0.1, 0.15) is 12.8 Å². The van der Waals surface area contributed by atoms with Gasteiger partial charge in [-0.3, -0.25) is 4.79 Å². The van der Waals surface area contributed by atoms with Gasteiger partial charge in [-0.1, -0.05) is 0 Å². The first-order chi connectivity index (χ1) is 8.56. The lowest BCUT2D eigenvalue weighted by Crippen LogP contribution is -2.46. The average Bonchev–Trinajstić information content (AvgIpc) is 3.12. The molecule has 1 saturated carbocycles. The van der Waals surface area contributed by atoms with Gasteiger partial charge in [-0.15, -0.1) is 0 Å². The molecule has 1 unspecified atom stereocenters. The molecule has 0 saturated heterocycles. The topological polar surface area (TPSA) is 64.4 Å². The van der Waals surface area contributed by atoms with Crippen LogP contribution in [-0.2, 0) is 4.79 Å². The number of carbonyl (C=O) groups excluding carboxylic acids is 1. The zero-order valence-corrected chi connectivity index (χ0v) is 9.66. The maximum Gasteiger partial charge on any atom is 0.238 e. The fourth-order valence-corrected chi connectivity index (χ4v) is 1.51. The SMILES string of the molecule is NC(=O)C(COc1cc(F)ccc1F)NC1CC1. The molecule has 0 aromatic heterocycles. The minimum absolute atomic E-state index is 0.119. The van der Waals surface area contributed by atoms with Crippen molar-refractivity contribution < 1.29 is 18.3 Å². The zero-order chi connectivity index (χ0) is 13.1. The Kier molecular flexibility index (Phi) is 3.76. The summed E-state index contributed by atoms with van der Waals surface area (Å²) < 4.78 is 31.3. The third-order valence-electron chi connectivity index (χ3n) is 2.66. The van der Waals surface area contributed by atoms with E-state index in [-0.39, 0.29) is 18.4 Å². The number of carbonyl (C=O) groups is 1. The van der Waals surface area contributed by atoms with E-state index in [0.717, 1.165) is 31.0 Å². The highest BCUT2D eigenvalue weighted by Crippen LogP contribution is 2.21. The lowest BCUT2D eigenvalue weighted by molar-refractivity contribution is -0.120. The molecule has 1 aromatic rings. The van der Waals surface area contributed by atoms with Crippen LogP contribution >= 0.6 is 0 Å². The Labute approximate surface area is 103 Å².